The summed E-state index contributed by atoms with van der Waals surface area (Å²) in [6.07, 6.45) is 5.32. The molecular formula is C16H15N3. The van der Waals surface area contributed by atoms with Crippen LogP contribution in [0.1, 0.15) is 24.1 Å². The molecule has 0 saturated carbocycles. The van der Waals surface area contributed by atoms with Crippen LogP contribution in [0.5, 0.6) is 0 Å². The van der Waals surface area contributed by atoms with Crippen molar-refractivity contribution >= 4 is 11.4 Å². The molecule has 1 aliphatic rings. The van der Waals surface area contributed by atoms with Crippen molar-refractivity contribution in [3.05, 3.63) is 53.9 Å². The molecule has 0 saturated heterocycles. The van der Waals surface area contributed by atoms with Crippen LogP contribution in [0.4, 0.5) is 11.4 Å². The summed E-state index contributed by atoms with van der Waals surface area (Å²) in [5.41, 5.74) is 4.19. The largest absolute Gasteiger partial charge is 0.340 e. The van der Waals surface area contributed by atoms with E-state index in [9.17, 15) is 0 Å². The van der Waals surface area contributed by atoms with E-state index < -0.39 is 0 Å². The SMILES string of the molecule is N#Cc1ccc(N2CCCCc3ccccc32)cn1. The highest BCUT2D eigenvalue weighted by Crippen LogP contribution is 2.31. The van der Waals surface area contributed by atoms with Gasteiger partial charge in [-0.3, -0.25) is 0 Å². The van der Waals surface area contributed by atoms with Gasteiger partial charge in [0.15, 0.2) is 0 Å². The van der Waals surface area contributed by atoms with Gasteiger partial charge in [-0.1, -0.05) is 18.2 Å². The number of aryl methyl sites for hydroxylation is 1. The molecule has 0 aliphatic carbocycles. The molecule has 94 valence electrons. The molecule has 1 aliphatic heterocycles. The van der Waals surface area contributed by atoms with Crippen LogP contribution in [0, 0.1) is 11.3 Å². The highest BCUT2D eigenvalue weighted by Gasteiger charge is 2.16. The number of nitriles is 1. The molecule has 0 amide bonds. The summed E-state index contributed by atoms with van der Waals surface area (Å²) in [7, 11) is 0. The van der Waals surface area contributed by atoms with Crippen molar-refractivity contribution in [3.8, 4) is 6.07 Å². The number of pyridine rings is 1. The Balaban J connectivity index is 2.01. The molecule has 3 heteroatoms. The predicted molar refractivity (Wildman–Crippen MR) is 75.3 cm³/mol. The van der Waals surface area contributed by atoms with Gasteiger partial charge in [0, 0.05) is 12.2 Å². The maximum absolute atomic E-state index is 8.82. The van der Waals surface area contributed by atoms with Gasteiger partial charge in [-0.15, -0.1) is 0 Å². The van der Waals surface area contributed by atoms with Gasteiger partial charge in [-0.25, -0.2) is 4.98 Å². The van der Waals surface area contributed by atoms with Crippen LogP contribution in [0.15, 0.2) is 42.6 Å². The van der Waals surface area contributed by atoms with Crippen LogP contribution < -0.4 is 4.90 Å². The summed E-state index contributed by atoms with van der Waals surface area (Å²) < 4.78 is 0. The van der Waals surface area contributed by atoms with E-state index in [1.54, 1.807) is 12.3 Å². The molecule has 0 unspecified atom stereocenters. The Morgan fingerprint density at radius 2 is 2.00 bits per heavy atom. The van der Waals surface area contributed by atoms with Gasteiger partial charge < -0.3 is 4.90 Å². The third-order valence-corrected chi connectivity index (χ3v) is 3.53. The molecule has 2 heterocycles. The molecule has 0 atom stereocenters. The topological polar surface area (TPSA) is 39.9 Å². The molecule has 0 bridgehead atoms. The fourth-order valence-corrected chi connectivity index (χ4v) is 2.57. The molecular weight excluding hydrogens is 234 g/mol. The molecule has 19 heavy (non-hydrogen) atoms. The number of anilines is 2. The Hall–Kier alpha value is -2.34. The summed E-state index contributed by atoms with van der Waals surface area (Å²) in [5, 5.41) is 8.82. The Bertz CT molecular complexity index is 611. The van der Waals surface area contributed by atoms with Crippen molar-refractivity contribution in [2.75, 3.05) is 11.4 Å². The molecule has 3 rings (SSSR count). The normalized spacial score (nSPS) is 14.4. The minimum absolute atomic E-state index is 0.465. The quantitative estimate of drug-likeness (QED) is 0.777. The fraction of sp³-hybridized carbons (Fsp3) is 0.250. The molecule has 1 aromatic carbocycles. The summed E-state index contributed by atoms with van der Waals surface area (Å²) >= 11 is 0. The van der Waals surface area contributed by atoms with Gasteiger partial charge in [-0.05, 0) is 43.0 Å². The Labute approximate surface area is 113 Å². The van der Waals surface area contributed by atoms with Crippen molar-refractivity contribution in [1.29, 1.82) is 5.26 Å². The number of para-hydroxylation sites is 1. The minimum atomic E-state index is 0.465. The monoisotopic (exact) mass is 249 g/mol. The van der Waals surface area contributed by atoms with Gasteiger partial charge >= 0.3 is 0 Å². The molecule has 0 N–H and O–H groups in total. The second-order valence-electron chi connectivity index (χ2n) is 4.75. The van der Waals surface area contributed by atoms with E-state index in [1.165, 1.54) is 24.1 Å². The first-order valence-electron chi connectivity index (χ1n) is 6.60. The third kappa shape index (κ3) is 2.30. The van der Waals surface area contributed by atoms with Crippen LogP contribution >= 0.6 is 0 Å². The lowest BCUT2D eigenvalue weighted by atomic mass is 10.1. The Morgan fingerprint density at radius 1 is 1.11 bits per heavy atom. The lowest BCUT2D eigenvalue weighted by molar-refractivity contribution is 0.760. The van der Waals surface area contributed by atoms with Crippen molar-refractivity contribution in [2.24, 2.45) is 0 Å². The van der Waals surface area contributed by atoms with Gasteiger partial charge in [0.1, 0.15) is 11.8 Å². The number of nitrogens with zero attached hydrogens (tertiary/aromatic N) is 3. The van der Waals surface area contributed by atoms with Crippen LogP contribution in [0.25, 0.3) is 0 Å². The number of aromatic nitrogens is 1. The first-order chi connectivity index (χ1) is 9.38. The number of fused-ring (bicyclic) bond motifs is 1. The predicted octanol–water partition coefficient (Wildman–Crippen LogP) is 3.43. The molecule has 0 spiro atoms. The maximum atomic E-state index is 8.82. The number of rotatable bonds is 1. The standard InChI is InChI=1S/C16H15N3/c17-11-14-8-9-15(12-18-14)19-10-4-3-6-13-5-1-2-7-16(13)19/h1-2,5,7-9,12H,3-4,6,10H2. The van der Waals surface area contributed by atoms with E-state index in [0.717, 1.165) is 18.7 Å². The van der Waals surface area contributed by atoms with E-state index in [0.29, 0.717) is 5.69 Å². The number of benzene rings is 1. The van der Waals surface area contributed by atoms with E-state index in [-0.39, 0.29) is 0 Å². The van der Waals surface area contributed by atoms with E-state index in [4.69, 9.17) is 5.26 Å². The second kappa shape index (κ2) is 5.11. The zero-order valence-electron chi connectivity index (χ0n) is 10.7. The van der Waals surface area contributed by atoms with Crippen molar-refractivity contribution in [3.63, 3.8) is 0 Å². The molecule has 3 nitrogen and oxygen atoms in total. The van der Waals surface area contributed by atoms with Crippen molar-refractivity contribution < 1.29 is 0 Å². The Kier molecular flexibility index (Phi) is 3.16. The van der Waals surface area contributed by atoms with Crippen LogP contribution in [0.3, 0.4) is 0 Å². The average molecular weight is 249 g/mol. The lowest BCUT2D eigenvalue weighted by Gasteiger charge is -2.24. The van der Waals surface area contributed by atoms with Gasteiger partial charge in [0.25, 0.3) is 0 Å². The molecule has 0 radical (unpaired) electrons. The minimum Gasteiger partial charge on any atom is -0.340 e. The lowest BCUT2D eigenvalue weighted by Crippen LogP contribution is -2.18. The Morgan fingerprint density at radius 3 is 2.79 bits per heavy atom. The highest BCUT2D eigenvalue weighted by molar-refractivity contribution is 5.66. The number of hydrogen-bond acceptors (Lipinski definition) is 3. The van der Waals surface area contributed by atoms with E-state index in [2.05, 4.69) is 40.2 Å². The molecule has 2 aromatic rings. The van der Waals surface area contributed by atoms with E-state index in [1.807, 2.05) is 6.07 Å². The summed E-state index contributed by atoms with van der Waals surface area (Å²) in [6.45, 7) is 1.00. The molecule has 1 aromatic heterocycles. The van der Waals surface area contributed by atoms with Gasteiger partial charge in [-0.2, -0.15) is 5.26 Å². The van der Waals surface area contributed by atoms with E-state index >= 15 is 0 Å². The second-order valence-corrected chi connectivity index (χ2v) is 4.75. The first-order valence-corrected chi connectivity index (χ1v) is 6.60. The highest BCUT2D eigenvalue weighted by atomic mass is 15.1. The summed E-state index contributed by atoms with van der Waals surface area (Å²) in [4.78, 5) is 6.48. The number of hydrogen-bond donors (Lipinski definition) is 0. The van der Waals surface area contributed by atoms with Crippen molar-refractivity contribution in [2.45, 2.75) is 19.3 Å². The van der Waals surface area contributed by atoms with Crippen LogP contribution in [0.2, 0.25) is 0 Å². The zero-order valence-corrected chi connectivity index (χ0v) is 10.7. The average Bonchev–Trinajstić information content (AvgIpc) is 2.70. The first kappa shape index (κ1) is 11.7. The summed E-state index contributed by atoms with van der Waals surface area (Å²) in [5.74, 6) is 0. The maximum Gasteiger partial charge on any atom is 0.140 e. The third-order valence-electron chi connectivity index (χ3n) is 3.53. The van der Waals surface area contributed by atoms with Crippen molar-refractivity contribution in [1.82, 2.24) is 4.98 Å². The molecule has 0 fully saturated rings. The zero-order chi connectivity index (χ0) is 13.1. The smallest absolute Gasteiger partial charge is 0.140 e. The van der Waals surface area contributed by atoms with Gasteiger partial charge in [0.05, 0.1) is 11.9 Å². The van der Waals surface area contributed by atoms with Gasteiger partial charge in [0.2, 0.25) is 0 Å². The van der Waals surface area contributed by atoms with Crippen LogP contribution in [-0.2, 0) is 6.42 Å². The summed E-state index contributed by atoms with van der Waals surface area (Å²) in [6, 6.07) is 14.4. The fourth-order valence-electron chi connectivity index (χ4n) is 2.57. The van der Waals surface area contributed by atoms with Crippen LogP contribution in [-0.4, -0.2) is 11.5 Å².